The number of thioether (sulfide) groups is 1. The summed E-state index contributed by atoms with van der Waals surface area (Å²) in [5.74, 6) is 0.424. The van der Waals surface area contributed by atoms with Crippen LogP contribution in [0, 0.1) is 17.3 Å². The number of likely N-dealkylation sites (tertiary alicyclic amines) is 2. The fourth-order valence-electron chi connectivity index (χ4n) is 2.04. The van der Waals surface area contributed by atoms with Crippen molar-refractivity contribution >= 4 is 47.0 Å². The molecule has 4 amide bonds. The smallest absolute Gasteiger partial charge is 0.230 e. The number of carbonyl (C=O) groups is 6. The predicted octanol–water partition coefficient (Wildman–Crippen LogP) is 6.58. The Hall–Kier alpha value is -2.03. The largest absolute Gasteiger partial charge is 0.298 e. The minimum Gasteiger partial charge on any atom is -0.298 e. The first-order valence-electron chi connectivity index (χ1n) is 14.1. The van der Waals surface area contributed by atoms with E-state index in [1.807, 2.05) is 11.8 Å². The van der Waals surface area contributed by atoms with Crippen LogP contribution in [0.5, 0.6) is 0 Å². The molecule has 0 N–H and O–H groups in total. The van der Waals surface area contributed by atoms with Gasteiger partial charge in [-0.15, -0.1) is 0 Å². The summed E-state index contributed by atoms with van der Waals surface area (Å²) in [6, 6.07) is 0. The number of carbonyl (C=O) groups excluding carboxylic acids is 6. The molecule has 236 valence electrons. The quantitative estimate of drug-likeness (QED) is 0.334. The van der Waals surface area contributed by atoms with Crippen molar-refractivity contribution in [2.45, 2.75) is 128 Å². The molecule has 2 fully saturated rings. The van der Waals surface area contributed by atoms with Crippen molar-refractivity contribution in [2.24, 2.45) is 17.3 Å². The highest BCUT2D eigenvalue weighted by Crippen LogP contribution is 2.11. The lowest BCUT2D eigenvalue weighted by Crippen LogP contribution is -2.33. The molecule has 2 aliphatic rings. The topological polar surface area (TPSA) is 109 Å². The third-order valence-electron chi connectivity index (χ3n) is 3.54. The van der Waals surface area contributed by atoms with Gasteiger partial charge in [0.05, 0.1) is 13.1 Å². The average Bonchev–Trinajstić information content (AvgIpc) is 3.22. The van der Waals surface area contributed by atoms with Crippen molar-refractivity contribution < 1.29 is 28.8 Å². The monoisotopic (exact) mass is 588 g/mol. The maximum absolute atomic E-state index is 10.9. The fourth-order valence-corrected chi connectivity index (χ4v) is 2.04. The Kier molecular flexibility index (Phi) is 27.8. The van der Waals surface area contributed by atoms with E-state index in [1.54, 1.807) is 0 Å². The van der Waals surface area contributed by atoms with E-state index in [4.69, 9.17) is 0 Å². The van der Waals surface area contributed by atoms with E-state index in [0.29, 0.717) is 5.41 Å². The maximum Gasteiger partial charge on any atom is 0.230 e. The number of ketones is 2. The van der Waals surface area contributed by atoms with Gasteiger partial charge in [-0.05, 0) is 42.6 Å². The molecular weight excluding hydrogens is 528 g/mol. The van der Waals surface area contributed by atoms with E-state index < -0.39 is 0 Å². The van der Waals surface area contributed by atoms with E-state index in [2.05, 4.69) is 89.3 Å². The standard InChI is InChI=1S/2C7H9NO3.C5H12.C4H10S.2C4H10/c2*1-5(9)4-8-6(10)2-3-7(8)11;1-5(2,3)4;1-4(2)5-3;2*1-4(2)3/h2*2-4H2,1H3;1-4H3;4H,1-3H3;2*4H,1-3H3. The molecule has 2 heterocycles. The Morgan fingerprint density at radius 2 is 0.775 bits per heavy atom. The molecule has 0 spiro atoms. The van der Waals surface area contributed by atoms with Crippen molar-refractivity contribution in [2.75, 3.05) is 19.3 Å². The third-order valence-corrected chi connectivity index (χ3v) is 4.49. The Labute approximate surface area is 249 Å². The third kappa shape index (κ3) is 38.1. The molecule has 0 aromatic carbocycles. The molecule has 0 saturated carbocycles. The van der Waals surface area contributed by atoms with Crippen LogP contribution in [0.3, 0.4) is 0 Å². The molecule has 0 aromatic rings. The van der Waals surface area contributed by atoms with Crippen molar-refractivity contribution in [3.05, 3.63) is 0 Å². The highest BCUT2D eigenvalue weighted by molar-refractivity contribution is 7.99. The molecule has 8 nitrogen and oxygen atoms in total. The highest BCUT2D eigenvalue weighted by Gasteiger charge is 2.29. The minimum absolute atomic E-state index is 0.0579. The van der Waals surface area contributed by atoms with Crippen LogP contribution < -0.4 is 0 Å². The van der Waals surface area contributed by atoms with Crippen LogP contribution in [0.15, 0.2) is 0 Å². The van der Waals surface area contributed by atoms with Gasteiger partial charge < -0.3 is 0 Å². The molecule has 0 bridgehead atoms. The molecule has 9 heteroatoms. The molecule has 0 unspecified atom stereocenters. The summed E-state index contributed by atoms with van der Waals surface area (Å²) in [5.41, 5.74) is 0.500. The van der Waals surface area contributed by atoms with Gasteiger partial charge in [0.25, 0.3) is 0 Å². The van der Waals surface area contributed by atoms with Gasteiger partial charge in [-0.3, -0.25) is 38.6 Å². The summed E-state index contributed by atoms with van der Waals surface area (Å²) in [7, 11) is 0. The first-order valence-corrected chi connectivity index (χ1v) is 15.4. The second-order valence-corrected chi connectivity index (χ2v) is 14.3. The normalized spacial score (nSPS) is 14.2. The second-order valence-electron chi connectivity index (χ2n) is 12.9. The number of nitrogens with zero attached hydrogens (tertiary/aromatic N) is 2. The molecule has 0 aliphatic carbocycles. The second kappa shape index (κ2) is 24.7. The van der Waals surface area contributed by atoms with Gasteiger partial charge in [0.15, 0.2) is 0 Å². The molecule has 2 rings (SSSR count). The Morgan fingerprint density at radius 1 is 0.625 bits per heavy atom. The van der Waals surface area contributed by atoms with E-state index in [1.165, 1.54) is 13.8 Å². The van der Waals surface area contributed by atoms with Gasteiger partial charge in [0, 0.05) is 25.7 Å². The fraction of sp³-hybridized carbons (Fsp3) is 0.806. The predicted molar refractivity (Wildman–Crippen MR) is 168 cm³/mol. The molecule has 0 atom stereocenters. The van der Waals surface area contributed by atoms with Gasteiger partial charge in [-0.2, -0.15) is 11.8 Å². The molecule has 0 aromatic heterocycles. The lowest BCUT2D eigenvalue weighted by Gasteiger charge is -2.09. The van der Waals surface area contributed by atoms with E-state index in [-0.39, 0.29) is 74.0 Å². The van der Waals surface area contributed by atoms with Gasteiger partial charge >= 0.3 is 0 Å². The first-order chi connectivity index (χ1) is 18.0. The van der Waals surface area contributed by atoms with Crippen LogP contribution in [-0.4, -0.2) is 69.6 Å². The van der Waals surface area contributed by atoms with Crippen LogP contribution in [-0.2, 0) is 28.8 Å². The molecule has 40 heavy (non-hydrogen) atoms. The summed E-state index contributed by atoms with van der Waals surface area (Å²) in [5, 5.41) is 0.801. The van der Waals surface area contributed by atoms with Crippen LogP contribution in [0.1, 0.15) is 123 Å². The summed E-state index contributed by atoms with van der Waals surface area (Å²) >= 11 is 1.88. The Balaban J connectivity index is -0.000000208. The summed E-state index contributed by atoms with van der Waals surface area (Å²) in [6.45, 7) is 28.7. The number of rotatable bonds is 5. The van der Waals surface area contributed by atoms with E-state index >= 15 is 0 Å². The van der Waals surface area contributed by atoms with Gasteiger partial charge in [-0.1, -0.05) is 83.1 Å². The summed E-state index contributed by atoms with van der Waals surface area (Å²) in [6.07, 6.45) is 3.14. The number of amides is 4. The maximum atomic E-state index is 10.9. The lowest BCUT2D eigenvalue weighted by molar-refractivity contribution is -0.142. The molecule has 2 aliphatic heterocycles. The minimum atomic E-state index is -0.231. The van der Waals surface area contributed by atoms with Crippen molar-refractivity contribution in [3.8, 4) is 0 Å². The number of Topliss-reactive ketones (excluding diaryl/α,β-unsaturated/α-hetero) is 2. The Morgan fingerprint density at radius 3 is 0.875 bits per heavy atom. The molecular formula is C31H60N2O6S. The number of imide groups is 2. The van der Waals surface area contributed by atoms with Gasteiger partial charge in [-0.25, -0.2) is 0 Å². The van der Waals surface area contributed by atoms with Gasteiger partial charge in [0.1, 0.15) is 11.6 Å². The van der Waals surface area contributed by atoms with E-state index in [0.717, 1.165) is 26.9 Å². The van der Waals surface area contributed by atoms with Crippen LogP contribution in [0.4, 0.5) is 0 Å². The van der Waals surface area contributed by atoms with E-state index in [9.17, 15) is 28.8 Å². The zero-order valence-electron chi connectivity index (χ0n) is 28.2. The number of hydrogen-bond donors (Lipinski definition) is 0. The first kappa shape index (κ1) is 45.0. The highest BCUT2D eigenvalue weighted by atomic mass is 32.2. The summed E-state index contributed by atoms with van der Waals surface area (Å²) < 4.78 is 0. The van der Waals surface area contributed by atoms with Crippen molar-refractivity contribution in [1.82, 2.24) is 9.80 Å². The number of hydrogen-bond acceptors (Lipinski definition) is 7. The SMILES string of the molecule is CC(=O)CN1C(=O)CCC1=O.CC(=O)CN1C(=O)CCC1=O.CC(C)(C)C.CC(C)C.CC(C)C.CSC(C)C. The zero-order chi connectivity index (χ0) is 32.8. The summed E-state index contributed by atoms with van der Waals surface area (Å²) in [4.78, 5) is 66.6. The molecule has 0 radical (unpaired) electrons. The lowest BCUT2D eigenvalue weighted by atomic mass is 10.0. The molecule has 2 saturated heterocycles. The van der Waals surface area contributed by atoms with Crippen molar-refractivity contribution in [1.29, 1.82) is 0 Å². The zero-order valence-corrected chi connectivity index (χ0v) is 29.0. The van der Waals surface area contributed by atoms with Crippen LogP contribution >= 0.6 is 11.8 Å². The van der Waals surface area contributed by atoms with Gasteiger partial charge in [0.2, 0.25) is 23.6 Å². The Bertz CT molecular complexity index is 673. The van der Waals surface area contributed by atoms with Crippen LogP contribution in [0.25, 0.3) is 0 Å². The van der Waals surface area contributed by atoms with Crippen LogP contribution in [0.2, 0.25) is 0 Å². The average molecular weight is 589 g/mol. The van der Waals surface area contributed by atoms with Crippen molar-refractivity contribution in [3.63, 3.8) is 0 Å².